The van der Waals surface area contributed by atoms with Gasteiger partial charge in [-0.25, -0.2) is 19.3 Å². The first-order chi connectivity index (χ1) is 13.8. The summed E-state index contributed by atoms with van der Waals surface area (Å²) in [5, 5.41) is 3.25. The second kappa shape index (κ2) is 8.39. The van der Waals surface area contributed by atoms with E-state index < -0.39 is 0 Å². The molecule has 0 aliphatic carbocycles. The van der Waals surface area contributed by atoms with Gasteiger partial charge in [-0.15, -0.1) is 0 Å². The normalized spacial score (nSPS) is 10.8. The summed E-state index contributed by atoms with van der Waals surface area (Å²) in [6.45, 7) is 0.722. The number of benzene rings is 1. The molecule has 28 heavy (non-hydrogen) atoms. The molecule has 0 aliphatic heterocycles. The largest absolute Gasteiger partial charge is 0.354 e. The van der Waals surface area contributed by atoms with Gasteiger partial charge in [0.2, 0.25) is 5.95 Å². The van der Waals surface area contributed by atoms with E-state index in [4.69, 9.17) is 0 Å². The van der Waals surface area contributed by atoms with Crippen LogP contribution in [0.4, 0.5) is 10.3 Å². The van der Waals surface area contributed by atoms with Crippen LogP contribution in [-0.4, -0.2) is 31.5 Å². The molecule has 0 amide bonds. The van der Waals surface area contributed by atoms with Crippen molar-refractivity contribution in [2.75, 3.05) is 11.9 Å². The van der Waals surface area contributed by atoms with E-state index in [1.165, 1.54) is 12.1 Å². The lowest BCUT2D eigenvalue weighted by atomic mass is 10.1. The number of nitrogens with zero attached hydrogens (tertiary/aromatic N) is 4. The maximum atomic E-state index is 13.3. The summed E-state index contributed by atoms with van der Waals surface area (Å²) in [7, 11) is 0. The van der Waals surface area contributed by atoms with E-state index in [0.29, 0.717) is 17.5 Å². The molecule has 2 N–H and O–H groups in total. The Morgan fingerprint density at radius 2 is 1.86 bits per heavy atom. The minimum atomic E-state index is -0.287. The van der Waals surface area contributed by atoms with E-state index in [0.717, 1.165) is 36.2 Å². The third kappa shape index (κ3) is 4.20. The minimum Gasteiger partial charge on any atom is -0.354 e. The van der Waals surface area contributed by atoms with Crippen molar-refractivity contribution in [2.24, 2.45) is 0 Å². The summed E-state index contributed by atoms with van der Waals surface area (Å²) in [6, 6.07) is 12.2. The maximum Gasteiger partial charge on any atom is 0.223 e. The van der Waals surface area contributed by atoms with E-state index in [2.05, 4.69) is 30.2 Å². The number of pyridine rings is 1. The lowest BCUT2D eigenvalue weighted by molar-refractivity contribution is 0.628. The first-order valence-electron chi connectivity index (χ1n) is 9.06. The van der Waals surface area contributed by atoms with E-state index in [9.17, 15) is 4.39 Å². The van der Waals surface area contributed by atoms with Crippen LogP contribution in [0.25, 0.3) is 22.6 Å². The van der Waals surface area contributed by atoms with Gasteiger partial charge in [0.25, 0.3) is 0 Å². The van der Waals surface area contributed by atoms with Gasteiger partial charge in [0.05, 0.1) is 11.3 Å². The number of hydrogen-bond acceptors (Lipinski definition) is 5. The van der Waals surface area contributed by atoms with Gasteiger partial charge in [-0.1, -0.05) is 6.07 Å². The molecule has 3 aromatic heterocycles. The van der Waals surface area contributed by atoms with Crippen LogP contribution in [0.2, 0.25) is 0 Å². The van der Waals surface area contributed by atoms with Gasteiger partial charge in [0.15, 0.2) is 0 Å². The molecular formula is C21H19FN6. The summed E-state index contributed by atoms with van der Waals surface area (Å²) in [6.07, 6.45) is 8.73. The van der Waals surface area contributed by atoms with Crippen LogP contribution >= 0.6 is 0 Å². The standard InChI is InChI=1S/C21H19FN6/c22-16-8-6-15(7-9-16)19-18(20-24-12-13-25-20)14-27-21(28-19)26-11-3-5-17-4-1-2-10-23-17/h1-2,4,6-10,12-14H,3,5,11H2,(H,24,25)(H,26,27,28). The van der Waals surface area contributed by atoms with E-state index in [1.807, 2.05) is 18.2 Å². The van der Waals surface area contributed by atoms with Crippen molar-refractivity contribution in [3.8, 4) is 22.6 Å². The molecule has 6 nitrogen and oxygen atoms in total. The molecule has 0 unspecified atom stereocenters. The predicted molar refractivity (Wildman–Crippen MR) is 106 cm³/mol. The average Bonchev–Trinajstić information content (AvgIpc) is 3.27. The van der Waals surface area contributed by atoms with Crippen molar-refractivity contribution in [3.05, 3.63) is 78.8 Å². The minimum absolute atomic E-state index is 0.287. The molecule has 0 fully saturated rings. The summed E-state index contributed by atoms with van der Waals surface area (Å²) < 4.78 is 13.3. The van der Waals surface area contributed by atoms with Crippen LogP contribution in [0, 0.1) is 5.82 Å². The molecule has 3 heterocycles. The van der Waals surface area contributed by atoms with Gasteiger partial charge < -0.3 is 10.3 Å². The molecule has 4 aromatic rings. The van der Waals surface area contributed by atoms with Gasteiger partial charge in [0, 0.05) is 42.6 Å². The number of nitrogens with one attached hydrogen (secondary N) is 2. The van der Waals surface area contributed by atoms with Crippen LogP contribution in [-0.2, 0) is 6.42 Å². The molecule has 0 spiro atoms. The zero-order valence-electron chi connectivity index (χ0n) is 15.1. The first kappa shape index (κ1) is 17.8. The lowest BCUT2D eigenvalue weighted by Gasteiger charge is -2.10. The Hall–Kier alpha value is -3.61. The average molecular weight is 374 g/mol. The smallest absolute Gasteiger partial charge is 0.223 e. The Labute approximate surface area is 162 Å². The second-order valence-electron chi connectivity index (χ2n) is 6.25. The van der Waals surface area contributed by atoms with Gasteiger partial charge in [-0.05, 0) is 49.2 Å². The fraction of sp³-hybridized carbons (Fsp3) is 0.143. The van der Waals surface area contributed by atoms with E-state index in [-0.39, 0.29) is 5.82 Å². The highest BCUT2D eigenvalue weighted by Gasteiger charge is 2.13. The number of aryl methyl sites for hydroxylation is 1. The van der Waals surface area contributed by atoms with Crippen molar-refractivity contribution in [2.45, 2.75) is 12.8 Å². The van der Waals surface area contributed by atoms with Gasteiger partial charge >= 0.3 is 0 Å². The van der Waals surface area contributed by atoms with E-state index >= 15 is 0 Å². The number of rotatable bonds is 7. The lowest BCUT2D eigenvalue weighted by Crippen LogP contribution is -2.08. The predicted octanol–water partition coefficient (Wildman–Crippen LogP) is 4.11. The molecule has 0 saturated heterocycles. The zero-order chi connectivity index (χ0) is 19.2. The van der Waals surface area contributed by atoms with Crippen LogP contribution in [0.5, 0.6) is 0 Å². The molecule has 0 bridgehead atoms. The maximum absolute atomic E-state index is 13.3. The molecule has 0 atom stereocenters. The molecule has 7 heteroatoms. The Kier molecular flexibility index (Phi) is 5.33. The third-order valence-corrected chi connectivity index (χ3v) is 4.28. The highest BCUT2D eigenvalue weighted by atomic mass is 19.1. The fourth-order valence-electron chi connectivity index (χ4n) is 2.90. The molecule has 0 saturated carbocycles. The zero-order valence-corrected chi connectivity index (χ0v) is 15.1. The fourth-order valence-corrected chi connectivity index (χ4v) is 2.90. The molecule has 1 aromatic carbocycles. The van der Waals surface area contributed by atoms with Crippen molar-refractivity contribution in [1.29, 1.82) is 0 Å². The summed E-state index contributed by atoms with van der Waals surface area (Å²) in [5.41, 5.74) is 3.31. The van der Waals surface area contributed by atoms with Gasteiger partial charge in [-0.3, -0.25) is 4.98 Å². The van der Waals surface area contributed by atoms with Crippen LogP contribution in [0.15, 0.2) is 67.3 Å². The molecule has 0 radical (unpaired) electrons. The number of aromatic amines is 1. The number of hydrogen-bond donors (Lipinski definition) is 2. The molecule has 4 rings (SSSR count). The van der Waals surface area contributed by atoms with Gasteiger partial charge in [0.1, 0.15) is 11.6 Å². The second-order valence-corrected chi connectivity index (χ2v) is 6.25. The van der Waals surface area contributed by atoms with Crippen LogP contribution < -0.4 is 5.32 Å². The molecule has 140 valence electrons. The van der Waals surface area contributed by atoms with Crippen LogP contribution in [0.3, 0.4) is 0 Å². The first-order valence-corrected chi connectivity index (χ1v) is 9.06. The summed E-state index contributed by atoms with van der Waals surface area (Å²) in [4.78, 5) is 20.8. The Morgan fingerprint density at radius 3 is 2.61 bits per heavy atom. The highest BCUT2D eigenvalue weighted by molar-refractivity contribution is 5.77. The SMILES string of the molecule is Fc1ccc(-c2nc(NCCCc3ccccn3)ncc2-c2ncc[nH]2)cc1. The number of anilines is 1. The third-order valence-electron chi connectivity index (χ3n) is 4.28. The molecular weight excluding hydrogens is 355 g/mol. The number of halogens is 1. The topological polar surface area (TPSA) is 79.4 Å². The molecule has 0 aliphatic rings. The van der Waals surface area contributed by atoms with Crippen LogP contribution in [0.1, 0.15) is 12.1 Å². The monoisotopic (exact) mass is 374 g/mol. The Morgan fingerprint density at radius 1 is 0.964 bits per heavy atom. The number of H-pyrrole nitrogens is 1. The van der Waals surface area contributed by atoms with Crippen molar-refractivity contribution >= 4 is 5.95 Å². The van der Waals surface area contributed by atoms with Crippen molar-refractivity contribution in [3.63, 3.8) is 0 Å². The number of imidazole rings is 1. The van der Waals surface area contributed by atoms with Gasteiger partial charge in [-0.2, -0.15) is 0 Å². The van der Waals surface area contributed by atoms with Crippen molar-refractivity contribution < 1.29 is 4.39 Å². The Balaban J connectivity index is 1.52. The summed E-state index contributed by atoms with van der Waals surface area (Å²) in [5.74, 6) is 0.905. The quantitative estimate of drug-likeness (QED) is 0.476. The summed E-state index contributed by atoms with van der Waals surface area (Å²) >= 11 is 0. The Bertz CT molecular complexity index is 1020. The highest BCUT2D eigenvalue weighted by Crippen LogP contribution is 2.28. The van der Waals surface area contributed by atoms with E-state index in [1.54, 1.807) is 36.9 Å². The number of aromatic nitrogens is 5. The van der Waals surface area contributed by atoms with Crippen molar-refractivity contribution in [1.82, 2.24) is 24.9 Å².